The Morgan fingerprint density at radius 3 is 1.58 bits per heavy atom. The van der Waals surface area contributed by atoms with E-state index in [2.05, 4.69) is 101 Å². The fraction of sp³-hybridized carbons (Fsp3) is 0.294. The van der Waals surface area contributed by atoms with Crippen LogP contribution in [-0.2, 0) is 38.4 Å². The van der Waals surface area contributed by atoms with E-state index >= 15 is 0 Å². The van der Waals surface area contributed by atoms with Gasteiger partial charge in [-0.15, -0.1) is 0 Å². The summed E-state index contributed by atoms with van der Waals surface area (Å²) in [5.74, 6) is 0.597. The van der Waals surface area contributed by atoms with Gasteiger partial charge in [0, 0.05) is 53.2 Å². The van der Waals surface area contributed by atoms with Crippen molar-refractivity contribution >= 4 is 144 Å². The van der Waals surface area contributed by atoms with Crippen LogP contribution in [0.4, 0.5) is 22.7 Å². The maximum atomic E-state index is 12.9. The largest absolute Gasteiger partial charge is 0.497 e. The molecule has 4 unspecified atom stereocenters. The molecule has 4 fully saturated rings. The number of fused-ring (bicyclic) bond motifs is 7. The van der Waals surface area contributed by atoms with E-state index in [0.717, 1.165) is 64.6 Å². The molecule has 4 atom stereocenters. The number of hydrogen-bond acceptors (Lipinski definition) is 16. The van der Waals surface area contributed by atoms with Crippen molar-refractivity contribution in [3.8, 4) is 17.2 Å². The van der Waals surface area contributed by atoms with Gasteiger partial charge in [0.25, 0.3) is 11.8 Å². The number of hydrogen-bond donors (Lipinski definition) is 2. The van der Waals surface area contributed by atoms with E-state index in [-0.39, 0.29) is 71.1 Å². The number of anilines is 4. The van der Waals surface area contributed by atoms with Crippen LogP contribution in [0.15, 0.2) is 137 Å². The highest BCUT2D eigenvalue weighted by molar-refractivity contribution is 8.27. The molecule has 0 aromatic heterocycles. The van der Waals surface area contributed by atoms with Gasteiger partial charge in [-0.25, -0.2) is 0 Å². The van der Waals surface area contributed by atoms with Crippen molar-refractivity contribution in [1.29, 1.82) is 0 Å². The lowest BCUT2D eigenvalue weighted by Gasteiger charge is -2.33. The molecule has 2 saturated carbocycles. The minimum absolute atomic E-state index is 0. The zero-order valence-electron chi connectivity index (χ0n) is 45.6. The Kier molecular flexibility index (Phi) is 25.5. The van der Waals surface area contributed by atoms with E-state index in [0.29, 0.717) is 38.1 Å². The van der Waals surface area contributed by atoms with Crippen LogP contribution in [0.2, 0.25) is 0 Å². The fourth-order valence-corrected chi connectivity index (χ4v) is 14.5. The van der Waals surface area contributed by atoms with Crippen molar-refractivity contribution in [2.24, 2.45) is 0 Å². The quantitative estimate of drug-likeness (QED) is 0.0814. The lowest BCUT2D eigenvalue weighted by molar-refractivity contribution is -0.193. The second-order valence-corrected chi connectivity index (χ2v) is 23.7. The average molecular weight is 1270 g/mol. The van der Waals surface area contributed by atoms with E-state index in [4.69, 9.17) is 63.3 Å². The maximum absolute atomic E-state index is 12.9. The van der Waals surface area contributed by atoms with Crippen LogP contribution in [0.3, 0.4) is 0 Å². The summed E-state index contributed by atoms with van der Waals surface area (Å²) in [6, 6.07) is 42.8. The molecule has 6 aromatic carbocycles. The molecule has 20 heteroatoms. The van der Waals surface area contributed by atoms with Gasteiger partial charge in [-0.05, 0) is 174 Å². The summed E-state index contributed by atoms with van der Waals surface area (Å²) in [5.41, 5.74) is 10.5. The molecule has 2 aliphatic carbocycles. The summed E-state index contributed by atoms with van der Waals surface area (Å²) >= 11 is 13.0. The van der Waals surface area contributed by atoms with Gasteiger partial charge in [0.05, 0.1) is 23.3 Å². The molecule has 460 valence electrons. The first-order chi connectivity index (χ1) is 40.7. The summed E-state index contributed by atoms with van der Waals surface area (Å²) in [7, 11) is 1.64. The molecule has 88 heavy (non-hydrogen) atoms. The number of aliphatic carboxylic acids is 2. The molecule has 6 aliphatic rings. The van der Waals surface area contributed by atoms with E-state index in [1.54, 1.807) is 7.11 Å². The molecular weight excluding hydrogens is 1190 g/mol. The second kappa shape index (κ2) is 32.0. The maximum Gasteiger partial charge on any atom is 0.373 e. The number of thiocarbonyl (C=S) groups is 2. The standard InChI is InChI=1S/C31H28N2O5S2.C31H28N2O3S2.2CO2.4CH4/c1-37-21-10-12-23(13-11-21)38-22-8-6-20(7-9-22)33-26-4-2-3-24(26)25-17-19(5-14-27(25)33)18-28-30(36)32(31(39)40-28)16-15-29(34)35;1-2-5-19-8-10-22-17-23(12-11-21(22)14-19)33-26-7-4-3-6-24(26)25-15-20(9-13-27(25)33)16-28-30(36)32(18-29(34)35)31(37)38-28;2*2-1-3;;;;/h5-14,17-18,24,26H,2-4,15-16H2,1H3,(H,34,35);2,5,8-17,24,26H,3-4,6-7,18H2,1H3,(H,34,35);;;4*1H4/b28-18-;5-2?,28-16-;;;;;;. The molecule has 6 aromatic rings. The molecule has 4 heterocycles. The van der Waals surface area contributed by atoms with Crippen LogP contribution in [0.5, 0.6) is 17.2 Å². The topological polar surface area (TPSA) is 208 Å². The zero-order chi connectivity index (χ0) is 59.6. The third-order valence-corrected chi connectivity index (χ3v) is 18.1. The van der Waals surface area contributed by atoms with Gasteiger partial charge in [-0.2, -0.15) is 19.2 Å². The van der Waals surface area contributed by atoms with E-state index < -0.39 is 18.5 Å². The Labute approximate surface area is 533 Å². The number of ether oxygens (including phenoxy) is 2. The minimum atomic E-state index is -1.07. The van der Waals surface area contributed by atoms with Crippen LogP contribution in [0.25, 0.3) is 29.0 Å². The molecule has 16 nitrogen and oxygen atoms in total. The van der Waals surface area contributed by atoms with Crippen molar-refractivity contribution in [2.75, 3.05) is 30.0 Å². The predicted molar refractivity (Wildman–Crippen MR) is 357 cm³/mol. The van der Waals surface area contributed by atoms with Crippen LogP contribution in [0.1, 0.15) is 128 Å². The summed E-state index contributed by atoms with van der Waals surface area (Å²) in [6.45, 7) is 1.71. The monoisotopic (exact) mass is 1260 g/mol. The molecule has 2 saturated heterocycles. The summed E-state index contributed by atoms with van der Waals surface area (Å²) in [4.78, 5) is 88.8. The zero-order valence-corrected chi connectivity index (χ0v) is 48.9. The van der Waals surface area contributed by atoms with Gasteiger partial charge in [0.15, 0.2) is 0 Å². The van der Waals surface area contributed by atoms with Crippen molar-refractivity contribution in [2.45, 2.75) is 112 Å². The second-order valence-electron chi connectivity index (χ2n) is 20.3. The Bertz CT molecular complexity index is 3710. The SMILES string of the molecule is C.C.C.C.CC=Cc1ccc2cc(N3c4ccc(/C=C5\SC(=S)N(CC(=O)O)C5=O)cc4C4CCCCC43)ccc2c1.COc1ccc(Oc2ccc(N3c4ccc(/C=C5\SC(=S)N(CCC(=O)O)C5=O)cc4C4CCCC43)cc2)cc1.O=C=O.O=C=O. The first-order valence-corrected chi connectivity index (χ1v) is 29.5. The number of amides is 2. The smallest absolute Gasteiger partial charge is 0.373 e. The van der Waals surface area contributed by atoms with Crippen LogP contribution >= 0.6 is 48.0 Å². The third-order valence-electron chi connectivity index (χ3n) is 15.4. The van der Waals surface area contributed by atoms with Crippen LogP contribution in [-0.4, -0.2) is 97.0 Å². The number of allylic oxidation sites excluding steroid dienone is 1. The van der Waals surface area contributed by atoms with Gasteiger partial charge < -0.3 is 29.5 Å². The lowest BCUT2D eigenvalue weighted by Crippen LogP contribution is -2.33. The molecule has 2 N–H and O–H groups in total. The summed E-state index contributed by atoms with van der Waals surface area (Å²) in [5, 5.41) is 20.6. The number of carboxylic acids is 2. The summed E-state index contributed by atoms with van der Waals surface area (Å²) < 4.78 is 11.9. The van der Waals surface area contributed by atoms with E-state index in [1.807, 2.05) is 61.5 Å². The highest BCUT2D eigenvalue weighted by Crippen LogP contribution is 2.54. The van der Waals surface area contributed by atoms with Crippen molar-refractivity contribution in [3.63, 3.8) is 0 Å². The number of carbonyl (C=O) groups excluding carboxylic acids is 6. The predicted octanol–water partition coefficient (Wildman–Crippen LogP) is 15.7. The highest BCUT2D eigenvalue weighted by atomic mass is 32.2. The number of methoxy groups -OCH3 is 1. The van der Waals surface area contributed by atoms with Gasteiger partial charge in [-0.3, -0.25) is 29.0 Å². The van der Waals surface area contributed by atoms with Crippen molar-refractivity contribution < 1.29 is 58.0 Å². The van der Waals surface area contributed by atoms with Crippen LogP contribution in [0, 0.1) is 0 Å². The van der Waals surface area contributed by atoms with Gasteiger partial charge in [0.2, 0.25) is 0 Å². The molecule has 4 aliphatic heterocycles. The fourth-order valence-electron chi connectivity index (χ4n) is 11.9. The number of nitrogens with zero attached hydrogens (tertiary/aromatic N) is 4. The first kappa shape index (κ1) is 70.3. The minimum Gasteiger partial charge on any atom is -0.497 e. The van der Waals surface area contributed by atoms with E-state index in [9.17, 15) is 19.2 Å². The number of carboxylic acid groups (broad SMARTS) is 2. The molecular formula is C68H72N4O12S4. The molecule has 2 amide bonds. The normalized spacial score (nSPS) is 19.1. The number of rotatable bonds is 13. The molecule has 0 bridgehead atoms. The molecule has 0 spiro atoms. The number of benzene rings is 6. The Hall–Kier alpha value is -8.48. The van der Waals surface area contributed by atoms with E-state index in [1.165, 1.54) is 92.2 Å². The van der Waals surface area contributed by atoms with Crippen molar-refractivity contribution in [1.82, 2.24) is 9.80 Å². The average Bonchev–Trinajstić information content (AvgIpc) is 1.63. The Morgan fingerprint density at radius 1 is 0.580 bits per heavy atom. The molecule has 12 rings (SSSR count). The Balaban J connectivity index is 0.000000283. The van der Waals surface area contributed by atoms with Crippen molar-refractivity contribution in [3.05, 3.63) is 165 Å². The number of thioether (sulfide) groups is 2. The van der Waals surface area contributed by atoms with Gasteiger partial charge in [-0.1, -0.05) is 139 Å². The first-order valence-electron chi connectivity index (χ1n) is 27.0. The third kappa shape index (κ3) is 15.6. The highest BCUT2D eigenvalue weighted by Gasteiger charge is 2.43. The lowest BCUT2D eigenvalue weighted by atomic mass is 9.82. The molecule has 0 radical (unpaired) electrons. The van der Waals surface area contributed by atoms with Gasteiger partial charge >= 0.3 is 24.2 Å². The van der Waals surface area contributed by atoms with Gasteiger partial charge in [0.1, 0.15) is 32.4 Å². The Morgan fingerprint density at radius 2 is 1.03 bits per heavy atom. The summed E-state index contributed by atoms with van der Waals surface area (Å²) in [6.07, 6.45) is 16.5. The number of carbonyl (C=O) groups is 4. The van der Waals surface area contributed by atoms with Crippen LogP contribution < -0.4 is 19.3 Å².